The predicted octanol–water partition coefficient (Wildman–Crippen LogP) is 5.16. The molecule has 0 radical (unpaired) electrons. The van der Waals surface area contributed by atoms with E-state index in [2.05, 4.69) is 30.2 Å². The molecule has 2 aromatic carbocycles. The van der Waals surface area contributed by atoms with Crippen molar-refractivity contribution in [2.24, 2.45) is 0 Å². The molecule has 194 valence electrons. The van der Waals surface area contributed by atoms with Crippen LogP contribution in [0.25, 0.3) is 23.0 Å². The molecule has 0 saturated heterocycles. The summed E-state index contributed by atoms with van der Waals surface area (Å²) in [5, 5.41) is 12.6. The number of ether oxygens (including phenoxy) is 1. The maximum absolute atomic E-state index is 13.4. The van der Waals surface area contributed by atoms with Crippen molar-refractivity contribution in [3.63, 3.8) is 0 Å². The number of aromatic nitrogens is 7. The van der Waals surface area contributed by atoms with Crippen LogP contribution in [0.4, 0.5) is 17.6 Å². The molecule has 3 aromatic heterocycles. The normalized spacial score (nSPS) is 12.7. The van der Waals surface area contributed by atoms with Crippen LogP contribution in [-0.2, 0) is 12.8 Å². The van der Waals surface area contributed by atoms with Crippen LogP contribution < -0.4 is 4.74 Å². The van der Waals surface area contributed by atoms with Gasteiger partial charge >= 0.3 is 6.36 Å². The molecule has 38 heavy (non-hydrogen) atoms. The summed E-state index contributed by atoms with van der Waals surface area (Å²) in [6.45, 7) is 3.87. The number of rotatable bonds is 5. The van der Waals surface area contributed by atoms with Gasteiger partial charge in [-0.25, -0.2) is 14.1 Å². The van der Waals surface area contributed by atoms with Crippen molar-refractivity contribution < 1.29 is 26.8 Å². The Hall–Kier alpha value is -4.55. The van der Waals surface area contributed by atoms with E-state index in [1.54, 1.807) is 23.0 Å². The molecule has 0 spiro atoms. The van der Waals surface area contributed by atoms with Crippen molar-refractivity contribution in [1.29, 1.82) is 0 Å². The molecule has 0 unspecified atom stereocenters. The second-order valence-corrected chi connectivity index (χ2v) is 9.10. The average molecular weight is 525 g/mol. The SMILES string of the molecule is CC(C)c1noc(-c2ncn3c2Cc2c(Cc4ccc(F)cc4)nnn2-c2cc(OC(F)(F)F)ccc2-3)n1. The molecule has 0 saturated carbocycles. The second-order valence-electron chi connectivity index (χ2n) is 9.10. The standard InChI is InChI=1S/C25H19F4N7O2/c1-13(2)23-31-24(38-33-23)22-21-11-19-17(9-14-3-5-15(26)6-4-14)32-34-36(19)20-10-16(37-25(27,28)29)7-8-18(20)35(21)12-30-22/h3-8,10,12-13H,9,11H2,1-2H3. The van der Waals surface area contributed by atoms with Crippen LogP contribution in [0.1, 0.15) is 48.2 Å². The topological polar surface area (TPSA) is 96.7 Å². The highest BCUT2D eigenvalue weighted by Gasteiger charge is 2.33. The summed E-state index contributed by atoms with van der Waals surface area (Å²) in [7, 11) is 0. The third-order valence-electron chi connectivity index (χ3n) is 6.16. The summed E-state index contributed by atoms with van der Waals surface area (Å²) in [5.41, 5.74) is 3.90. The van der Waals surface area contributed by atoms with Gasteiger partial charge in [0.1, 0.15) is 17.9 Å². The number of nitrogens with zero attached hydrogens (tertiary/aromatic N) is 7. The van der Waals surface area contributed by atoms with E-state index in [-0.39, 0.29) is 24.0 Å². The first-order valence-corrected chi connectivity index (χ1v) is 11.6. The number of hydrogen-bond donors (Lipinski definition) is 0. The minimum absolute atomic E-state index is 0.0365. The van der Waals surface area contributed by atoms with E-state index >= 15 is 0 Å². The summed E-state index contributed by atoms with van der Waals surface area (Å²) in [4.78, 5) is 8.98. The highest BCUT2D eigenvalue weighted by molar-refractivity contribution is 5.63. The first-order valence-electron chi connectivity index (χ1n) is 11.6. The lowest BCUT2D eigenvalue weighted by Gasteiger charge is -2.13. The third kappa shape index (κ3) is 4.29. The number of alkyl halides is 3. The molecule has 0 aliphatic carbocycles. The molecule has 5 aromatic rings. The lowest BCUT2D eigenvalue weighted by atomic mass is 10.1. The summed E-state index contributed by atoms with van der Waals surface area (Å²) in [6, 6.07) is 9.95. The molecular formula is C25H19F4N7O2. The van der Waals surface area contributed by atoms with Crippen LogP contribution in [-0.4, -0.2) is 41.0 Å². The number of fused-ring (bicyclic) bond motifs is 5. The predicted molar refractivity (Wildman–Crippen MR) is 125 cm³/mol. The molecule has 13 heteroatoms. The van der Waals surface area contributed by atoms with Gasteiger partial charge in [0.25, 0.3) is 5.89 Å². The van der Waals surface area contributed by atoms with Gasteiger partial charge < -0.3 is 9.26 Å². The lowest BCUT2D eigenvalue weighted by molar-refractivity contribution is -0.274. The molecule has 0 fully saturated rings. The van der Waals surface area contributed by atoms with Gasteiger partial charge in [-0.3, -0.25) is 4.57 Å². The Morgan fingerprint density at radius 3 is 2.55 bits per heavy atom. The molecule has 1 aliphatic heterocycles. The number of benzene rings is 2. The zero-order chi connectivity index (χ0) is 26.6. The Kier molecular flexibility index (Phi) is 5.51. The van der Waals surface area contributed by atoms with Crippen LogP contribution in [0.3, 0.4) is 0 Å². The quantitative estimate of drug-likeness (QED) is 0.287. The molecule has 9 nitrogen and oxygen atoms in total. The van der Waals surface area contributed by atoms with Crippen LogP contribution >= 0.6 is 0 Å². The third-order valence-corrected chi connectivity index (χ3v) is 6.16. The number of imidazole rings is 1. The van der Waals surface area contributed by atoms with Gasteiger partial charge in [-0.15, -0.1) is 18.3 Å². The fourth-order valence-corrected chi connectivity index (χ4v) is 4.36. The molecule has 0 amide bonds. The molecular weight excluding hydrogens is 506 g/mol. The van der Waals surface area contributed by atoms with Crippen molar-refractivity contribution >= 4 is 0 Å². The van der Waals surface area contributed by atoms with Crippen LogP contribution in [0.15, 0.2) is 53.3 Å². The number of halogens is 4. The largest absolute Gasteiger partial charge is 0.573 e. The minimum atomic E-state index is -4.86. The van der Waals surface area contributed by atoms with E-state index in [9.17, 15) is 17.6 Å². The van der Waals surface area contributed by atoms with Crippen molar-refractivity contribution in [2.75, 3.05) is 0 Å². The maximum atomic E-state index is 13.4. The Labute approximate surface area is 212 Å². The van der Waals surface area contributed by atoms with Crippen molar-refractivity contribution in [1.82, 2.24) is 34.7 Å². The highest BCUT2D eigenvalue weighted by atomic mass is 19.4. The summed E-state index contributed by atoms with van der Waals surface area (Å²) in [6.07, 6.45) is -2.74. The second kappa shape index (κ2) is 8.78. The van der Waals surface area contributed by atoms with Gasteiger partial charge in [0.05, 0.1) is 28.5 Å². The molecule has 6 rings (SSSR count). The molecule has 4 heterocycles. The first kappa shape index (κ1) is 23.8. The average Bonchev–Trinajstić information content (AvgIpc) is 3.58. The van der Waals surface area contributed by atoms with Crippen molar-refractivity contribution in [3.8, 4) is 28.7 Å². The van der Waals surface area contributed by atoms with E-state index < -0.39 is 12.1 Å². The van der Waals surface area contributed by atoms with Crippen molar-refractivity contribution in [2.45, 2.75) is 39.0 Å². The first-order chi connectivity index (χ1) is 18.2. The summed E-state index contributed by atoms with van der Waals surface area (Å²) in [5.74, 6) is 0.0143. The summed E-state index contributed by atoms with van der Waals surface area (Å²) >= 11 is 0. The van der Waals surface area contributed by atoms with E-state index in [4.69, 9.17) is 4.52 Å². The zero-order valence-electron chi connectivity index (χ0n) is 20.1. The van der Waals surface area contributed by atoms with Crippen LogP contribution in [0, 0.1) is 5.82 Å². The Bertz CT molecular complexity index is 1630. The molecule has 1 aliphatic rings. The van der Waals surface area contributed by atoms with E-state index in [0.717, 1.165) is 5.56 Å². The fraction of sp³-hybridized carbons (Fsp3) is 0.240. The van der Waals surface area contributed by atoms with Gasteiger partial charge in [-0.1, -0.05) is 36.4 Å². The van der Waals surface area contributed by atoms with Crippen LogP contribution in [0.5, 0.6) is 5.75 Å². The number of hydrogen-bond acceptors (Lipinski definition) is 7. The van der Waals surface area contributed by atoms with Gasteiger partial charge in [-0.05, 0) is 29.8 Å². The Morgan fingerprint density at radius 2 is 1.84 bits per heavy atom. The minimum Gasteiger partial charge on any atom is -0.406 e. The fourth-order valence-electron chi connectivity index (χ4n) is 4.36. The van der Waals surface area contributed by atoms with E-state index in [1.807, 2.05) is 13.8 Å². The molecule has 0 N–H and O–H groups in total. The monoisotopic (exact) mass is 525 g/mol. The van der Waals surface area contributed by atoms with E-state index in [1.165, 1.54) is 35.0 Å². The van der Waals surface area contributed by atoms with Crippen molar-refractivity contribution in [3.05, 3.63) is 83.1 Å². The maximum Gasteiger partial charge on any atom is 0.573 e. The van der Waals surface area contributed by atoms with Gasteiger partial charge in [-0.2, -0.15) is 4.98 Å². The smallest absolute Gasteiger partial charge is 0.406 e. The molecule has 0 atom stereocenters. The van der Waals surface area contributed by atoms with Crippen LogP contribution in [0.2, 0.25) is 0 Å². The van der Waals surface area contributed by atoms with Gasteiger partial charge in [0.2, 0.25) is 0 Å². The Balaban J connectivity index is 1.51. The highest BCUT2D eigenvalue weighted by Crippen LogP contribution is 2.36. The summed E-state index contributed by atoms with van der Waals surface area (Å²) < 4.78 is 65.3. The Morgan fingerprint density at radius 1 is 1.05 bits per heavy atom. The van der Waals surface area contributed by atoms with Gasteiger partial charge in [0.15, 0.2) is 11.5 Å². The van der Waals surface area contributed by atoms with E-state index in [0.29, 0.717) is 46.4 Å². The zero-order valence-corrected chi connectivity index (χ0v) is 20.1. The molecule has 0 bridgehead atoms. The lowest BCUT2D eigenvalue weighted by Crippen LogP contribution is -2.17. The van der Waals surface area contributed by atoms with Gasteiger partial charge in [0, 0.05) is 24.8 Å².